The van der Waals surface area contributed by atoms with Crippen molar-refractivity contribution in [2.24, 2.45) is 22.2 Å². The largest absolute Gasteiger partial charge is 0.452 e. The minimum Gasteiger partial charge on any atom is -0.349 e. The van der Waals surface area contributed by atoms with Crippen molar-refractivity contribution >= 4 is 29.3 Å². The van der Waals surface area contributed by atoms with Gasteiger partial charge in [0.2, 0.25) is 17.7 Å². The van der Waals surface area contributed by atoms with Crippen molar-refractivity contribution in [2.75, 3.05) is 14.1 Å². The molecule has 35 heavy (non-hydrogen) atoms. The van der Waals surface area contributed by atoms with E-state index in [0.717, 1.165) is 6.92 Å². The minimum absolute atomic E-state index is 0.0543. The maximum absolute atomic E-state index is 13.4. The van der Waals surface area contributed by atoms with E-state index in [0.29, 0.717) is 0 Å². The van der Waals surface area contributed by atoms with Crippen LogP contribution in [0.5, 0.6) is 0 Å². The molecule has 0 aromatic heterocycles. The Morgan fingerprint density at radius 2 is 1.49 bits per heavy atom. The van der Waals surface area contributed by atoms with Crippen molar-refractivity contribution in [3.8, 4) is 0 Å². The smallest absolute Gasteiger partial charge is 0.349 e. The summed E-state index contributed by atoms with van der Waals surface area (Å²) in [6.45, 7) is 11.7. The van der Waals surface area contributed by atoms with Crippen molar-refractivity contribution in [1.82, 2.24) is 15.5 Å². The zero-order chi connectivity index (χ0) is 27.7. The fraction of sp³-hybridized carbons (Fsp3) is 0.792. The van der Waals surface area contributed by atoms with Gasteiger partial charge < -0.3 is 15.5 Å². The van der Waals surface area contributed by atoms with Crippen LogP contribution in [0.15, 0.2) is 0 Å². The zero-order valence-electron chi connectivity index (χ0n) is 22.0. The standard InChI is InChI=1S/C24H38F3N3O5/c1-13(18(33)24(25,26)27)28-20(35)23(10-14(23)19(34)30(8)9)11-15(31)17(22(5,6)7)29-16(32)12-21(2,3)4/h13-14,17H,10-12H2,1-9H3,(H,28,35)(H,29,32)/t13?,14-,17+,23?/m0/s1. The van der Waals surface area contributed by atoms with E-state index in [4.69, 9.17) is 0 Å². The Bertz CT molecular complexity index is 871. The molecule has 0 aromatic rings. The molecule has 1 rings (SSSR count). The van der Waals surface area contributed by atoms with E-state index in [2.05, 4.69) is 5.32 Å². The number of hydrogen-bond acceptors (Lipinski definition) is 5. The molecule has 0 aliphatic heterocycles. The van der Waals surface area contributed by atoms with Gasteiger partial charge in [-0.05, 0) is 24.2 Å². The summed E-state index contributed by atoms with van der Waals surface area (Å²) < 4.78 is 38.4. The molecule has 4 atom stereocenters. The van der Waals surface area contributed by atoms with E-state index in [9.17, 15) is 37.1 Å². The highest BCUT2D eigenvalue weighted by Crippen LogP contribution is 2.57. The molecule has 0 saturated heterocycles. The van der Waals surface area contributed by atoms with Crippen molar-refractivity contribution < 1.29 is 37.1 Å². The SMILES string of the molecule is CC(NC(=O)C1(CC(=O)[C@@H](NC(=O)CC(C)(C)C)C(C)(C)C)C[C@H]1C(=O)N(C)C)C(=O)C(F)(F)F. The Balaban J connectivity index is 3.22. The van der Waals surface area contributed by atoms with Gasteiger partial charge in [0.15, 0.2) is 5.78 Å². The molecule has 2 unspecified atom stereocenters. The van der Waals surface area contributed by atoms with Gasteiger partial charge >= 0.3 is 6.18 Å². The first-order valence-corrected chi connectivity index (χ1v) is 11.5. The lowest BCUT2D eigenvalue weighted by Gasteiger charge is -2.32. The summed E-state index contributed by atoms with van der Waals surface area (Å²) in [5, 5.41) is 4.78. The fourth-order valence-corrected chi connectivity index (χ4v) is 4.01. The summed E-state index contributed by atoms with van der Waals surface area (Å²) in [4.78, 5) is 64.4. The summed E-state index contributed by atoms with van der Waals surface area (Å²) >= 11 is 0. The summed E-state index contributed by atoms with van der Waals surface area (Å²) in [5.74, 6) is -5.35. The molecule has 1 aliphatic rings. The van der Waals surface area contributed by atoms with Crippen LogP contribution < -0.4 is 10.6 Å². The molecule has 1 aliphatic carbocycles. The lowest BCUT2D eigenvalue weighted by molar-refractivity contribution is -0.173. The molecule has 8 nitrogen and oxygen atoms in total. The number of nitrogens with zero attached hydrogens (tertiary/aromatic N) is 1. The van der Waals surface area contributed by atoms with Gasteiger partial charge in [0.05, 0.1) is 23.4 Å². The highest BCUT2D eigenvalue weighted by Gasteiger charge is 2.65. The van der Waals surface area contributed by atoms with Crippen LogP contribution in [0, 0.1) is 22.2 Å². The van der Waals surface area contributed by atoms with Crippen LogP contribution in [0.2, 0.25) is 0 Å². The van der Waals surface area contributed by atoms with E-state index in [1.165, 1.54) is 19.0 Å². The van der Waals surface area contributed by atoms with Gasteiger partial charge in [0.25, 0.3) is 5.78 Å². The van der Waals surface area contributed by atoms with Gasteiger partial charge in [0.1, 0.15) is 0 Å². The number of Topliss-reactive ketones (excluding diaryl/α,β-unsaturated/α-hetero) is 2. The van der Waals surface area contributed by atoms with Crippen molar-refractivity contribution in [1.29, 1.82) is 0 Å². The monoisotopic (exact) mass is 505 g/mol. The topological polar surface area (TPSA) is 113 Å². The summed E-state index contributed by atoms with van der Waals surface area (Å²) in [6.07, 6.45) is -5.51. The van der Waals surface area contributed by atoms with Crippen molar-refractivity contribution in [3.63, 3.8) is 0 Å². The molecule has 0 radical (unpaired) electrons. The third-order valence-corrected chi connectivity index (χ3v) is 5.96. The molecular formula is C24H38F3N3O5. The van der Waals surface area contributed by atoms with Gasteiger partial charge in [-0.25, -0.2) is 0 Å². The lowest BCUT2D eigenvalue weighted by atomic mass is 9.79. The molecule has 11 heteroatoms. The maximum atomic E-state index is 13.4. The first-order valence-electron chi connectivity index (χ1n) is 11.5. The summed E-state index contributed by atoms with van der Waals surface area (Å²) in [5.41, 5.74) is -2.67. The molecule has 2 N–H and O–H groups in total. The van der Waals surface area contributed by atoms with Gasteiger partial charge in [-0.2, -0.15) is 13.2 Å². The Kier molecular flexibility index (Phi) is 8.96. The highest BCUT2D eigenvalue weighted by molar-refractivity contribution is 6.02. The summed E-state index contributed by atoms with van der Waals surface area (Å²) in [7, 11) is 2.93. The Morgan fingerprint density at radius 3 is 1.89 bits per heavy atom. The highest BCUT2D eigenvalue weighted by atomic mass is 19.4. The van der Waals surface area contributed by atoms with E-state index in [1.54, 1.807) is 20.8 Å². The van der Waals surface area contributed by atoms with Crippen LogP contribution in [0.3, 0.4) is 0 Å². The van der Waals surface area contributed by atoms with Crippen LogP contribution in [0.4, 0.5) is 13.2 Å². The molecule has 200 valence electrons. The number of amides is 3. The first-order chi connectivity index (χ1) is 15.5. The molecule has 0 bridgehead atoms. The van der Waals surface area contributed by atoms with E-state index < -0.39 is 64.8 Å². The summed E-state index contributed by atoms with van der Waals surface area (Å²) in [6, 6.07) is -2.87. The van der Waals surface area contributed by atoms with Crippen LogP contribution >= 0.6 is 0 Å². The van der Waals surface area contributed by atoms with Gasteiger partial charge in [-0.3, -0.25) is 24.0 Å². The zero-order valence-corrected chi connectivity index (χ0v) is 22.0. The van der Waals surface area contributed by atoms with E-state index >= 15 is 0 Å². The minimum atomic E-state index is -5.15. The number of nitrogens with one attached hydrogen (secondary N) is 2. The second-order valence-electron chi connectivity index (χ2n) is 11.9. The second kappa shape index (κ2) is 10.3. The van der Waals surface area contributed by atoms with Crippen LogP contribution in [0.1, 0.15) is 67.7 Å². The Hall–Kier alpha value is -2.46. The number of carbonyl (C=O) groups excluding carboxylic acids is 5. The molecule has 0 spiro atoms. The van der Waals surface area contributed by atoms with Gasteiger partial charge in [0, 0.05) is 26.9 Å². The third kappa shape index (κ3) is 8.03. The molecule has 0 heterocycles. The number of hydrogen-bond donors (Lipinski definition) is 2. The quantitative estimate of drug-likeness (QED) is 0.500. The molecule has 3 amide bonds. The molecule has 1 fully saturated rings. The Morgan fingerprint density at radius 1 is 0.971 bits per heavy atom. The van der Waals surface area contributed by atoms with E-state index in [-0.39, 0.29) is 24.2 Å². The number of alkyl halides is 3. The number of carbonyl (C=O) groups is 5. The molecular weight excluding hydrogens is 467 g/mol. The second-order valence-corrected chi connectivity index (χ2v) is 11.9. The van der Waals surface area contributed by atoms with Crippen LogP contribution in [-0.2, 0) is 24.0 Å². The molecule has 1 saturated carbocycles. The normalized spacial score (nSPS) is 22.0. The average molecular weight is 506 g/mol. The predicted molar refractivity (Wildman–Crippen MR) is 123 cm³/mol. The molecule has 0 aromatic carbocycles. The Labute approximate surface area is 204 Å². The lowest BCUT2D eigenvalue weighted by Crippen LogP contribution is -2.52. The maximum Gasteiger partial charge on any atom is 0.452 e. The third-order valence-electron chi connectivity index (χ3n) is 5.96. The number of rotatable bonds is 9. The van der Waals surface area contributed by atoms with Gasteiger partial charge in [-0.1, -0.05) is 41.5 Å². The number of ketones is 2. The number of halogens is 3. The van der Waals surface area contributed by atoms with Gasteiger partial charge in [-0.15, -0.1) is 0 Å². The average Bonchev–Trinajstić information content (AvgIpc) is 3.36. The van der Waals surface area contributed by atoms with Crippen molar-refractivity contribution in [2.45, 2.75) is 86.0 Å². The van der Waals surface area contributed by atoms with E-state index in [1.807, 2.05) is 26.1 Å². The first kappa shape index (κ1) is 30.6. The van der Waals surface area contributed by atoms with Crippen LogP contribution in [-0.4, -0.2) is 66.5 Å². The predicted octanol–water partition coefficient (Wildman–Crippen LogP) is 2.64. The van der Waals surface area contributed by atoms with Crippen LogP contribution in [0.25, 0.3) is 0 Å². The van der Waals surface area contributed by atoms with Crippen molar-refractivity contribution in [3.05, 3.63) is 0 Å². The fourth-order valence-electron chi connectivity index (χ4n) is 4.01.